The van der Waals surface area contributed by atoms with E-state index in [2.05, 4.69) is 15.1 Å². The van der Waals surface area contributed by atoms with E-state index in [0.29, 0.717) is 24.0 Å². The Morgan fingerprint density at radius 1 is 1.21 bits per heavy atom. The molecule has 0 spiro atoms. The number of oxazole rings is 1. The fourth-order valence-corrected chi connectivity index (χ4v) is 4.05. The highest BCUT2D eigenvalue weighted by Crippen LogP contribution is 2.37. The molecule has 12 heteroatoms. The Morgan fingerprint density at radius 3 is 2.68 bits per heavy atom. The van der Waals surface area contributed by atoms with E-state index in [-0.39, 0.29) is 41.1 Å². The van der Waals surface area contributed by atoms with Gasteiger partial charge in [0.05, 0.1) is 32.1 Å². The Labute approximate surface area is 190 Å². The highest BCUT2D eigenvalue weighted by molar-refractivity contribution is 5.98. The highest BCUT2D eigenvalue weighted by atomic mass is 19.4. The Balaban J connectivity index is 1.56. The number of rotatable bonds is 4. The molecule has 9 nitrogen and oxygen atoms in total. The molecule has 0 aliphatic carbocycles. The third kappa shape index (κ3) is 3.46. The summed E-state index contributed by atoms with van der Waals surface area (Å²) >= 11 is 0. The molecule has 34 heavy (non-hydrogen) atoms. The number of methoxy groups -OCH3 is 1. The third-order valence-electron chi connectivity index (χ3n) is 5.78. The van der Waals surface area contributed by atoms with Gasteiger partial charge in [0.15, 0.2) is 11.5 Å². The van der Waals surface area contributed by atoms with Crippen molar-refractivity contribution in [2.45, 2.75) is 25.8 Å². The van der Waals surface area contributed by atoms with Crippen LogP contribution in [-0.4, -0.2) is 37.7 Å². The first kappa shape index (κ1) is 21.9. The zero-order valence-electron chi connectivity index (χ0n) is 18.2. The number of aromatic nitrogens is 4. The van der Waals surface area contributed by atoms with Crippen molar-refractivity contribution in [1.82, 2.24) is 24.6 Å². The maximum Gasteiger partial charge on any atom is 0.433 e. The maximum atomic E-state index is 13.2. The van der Waals surface area contributed by atoms with Crippen LogP contribution < -0.4 is 10.5 Å². The second-order valence-corrected chi connectivity index (χ2v) is 7.80. The van der Waals surface area contributed by atoms with Crippen molar-refractivity contribution in [2.24, 2.45) is 12.8 Å². The summed E-state index contributed by atoms with van der Waals surface area (Å²) in [6, 6.07) is 5.22. The third-order valence-corrected chi connectivity index (χ3v) is 5.78. The van der Waals surface area contributed by atoms with Gasteiger partial charge in [0.2, 0.25) is 5.89 Å². The van der Waals surface area contributed by atoms with E-state index in [1.165, 1.54) is 19.2 Å². The van der Waals surface area contributed by atoms with Crippen molar-refractivity contribution in [1.29, 1.82) is 0 Å². The topological polar surface area (TPSA) is 112 Å². The summed E-state index contributed by atoms with van der Waals surface area (Å²) in [4.78, 5) is 23.0. The fraction of sp³-hybridized carbons (Fsp3) is 0.273. The van der Waals surface area contributed by atoms with Crippen molar-refractivity contribution in [2.75, 3.05) is 7.11 Å². The average molecular weight is 472 g/mol. The largest absolute Gasteiger partial charge is 0.494 e. The van der Waals surface area contributed by atoms with E-state index in [9.17, 15) is 18.0 Å². The van der Waals surface area contributed by atoms with Crippen molar-refractivity contribution >= 4 is 16.8 Å². The first-order valence-electron chi connectivity index (χ1n) is 10.3. The lowest BCUT2D eigenvalue weighted by Gasteiger charge is -2.14. The highest BCUT2D eigenvalue weighted by Gasteiger charge is 2.34. The minimum absolute atomic E-state index is 0.00214. The number of amides is 1. The molecular formula is C22H19F3N6O3. The Hall–Kier alpha value is -3.93. The number of carbonyl (C=O) groups is 1. The molecule has 0 saturated carbocycles. The van der Waals surface area contributed by atoms with Crippen LogP contribution in [0.1, 0.15) is 33.2 Å². The average Bonchev–Trinajstić information content (AvgIpc) is 3.52. The van der Waals surface area contributed by atoms with Crippen LogP contribution in [0, 0.1) is 0 Å². The number of carbonyl (C=O) groups excluding carboxylic acids is 1. The van der Waals surface area contributed by atoms with Gasteiger partial charge in [0.25, 0.3) is 5.91 Å². The molecule has 1 amide bonds. The number of halogens is 3. The first-order chi connectivity index (χ1) is 16.2. The molecule has 5 rings (SSSR count). The number of nitrogens with zero attached hydrogens (tertiary/aromatic N) is 5. The molecule has 4 aromatic rings. The number of fused-ring (bicyclic) bond motifs is 2. The van der Waals surface area contributed by atoms with Gasteiger partial charge in [-0.1, -0.05) is 0 Å². The number of ether oxygens (including phenoxy) is 1. The molecule has 0 radical (unpaired) electrons. The number of alkyl halides is 3. The monoisotopic (exact) mass is 472 g/mol. The van der Waals surface area contributed by atoms with Crippen LogP contribution in [-0.2, 0) is 32.9 Å². The van der Waals surface area contributed by atoms with Crippen LogP contribution in [0.15, 0.2) is 34.9 Å². The van der Waals surface area contributed by atoms with Crippen molar-refractivity contribution < 1.29 is 27.1 Å². The van der Waals surface area contributed by atoms with Crippen molar-refractivity contribution in [3.8, 4) is 17.2 Å². The summed E-state index contributed by atoms with van der Waals surface area (Å²) in [5.41, 5.74) is 7.06. The minimum atomic E-state index is -4.62. The summed E-state index contributed by atoms with van der Waals surface area (Å²) in [5.74, 6) is 0.0338. The number of pyridine rings is 1. The van der Waals surface area contributed by atoms with Gasteiger partial charge in [0.1, 0.15) is 17.0 Å². The van der Waals surface area contributed by atoms with Crippen LogP contribution in [0.2, 0.25) is 0 Å². The lowest BCUT2D eigenvalue weighted by molar-refractivity contribution is -0.140. The number of hydrogen-bond donors (Lipinski definition) is 1. The quantitative estimate of drug-likeness (QED) is 0.485. The van der Waals surface area contributed by atoms with Crippen LogP contribution in [0.5, 0.6) is 5.75 Å². The normalized spacial score (nSPS) is 13.5. The second kappa shape index (κ2) is 7.83. The molecule has 0 fully saturated rings. The fourth-order valence-electron chi connectivity index (χ4n) is 4.05. The molecule has 2 N–H and O–H groups in total. The van der Waals surface area contributed by atoms with E-state index in [1.807, 2.05) is 0 Å². The van der Waals surface area contributed by atoms with Crippen LogP contribution in [0.3, 0.4) is 0 Å². The SMILES string of the molecule is COc1ccc(-c2nc(C(=O)N3Cc4cnn(C)c4C3)c(CN)o2)c2ccc(C(F)(F)F)nc12. The number of hydrogen-bond acceptors (Lipinski definition) is 7. The van der Waals surface area contributed by atoms with Gasteiger partial charge < -0.3 is 19.8 Å². The molecule has 176 valence electrons. The first-order valence-corrected chi connectivity index (χ1v) is 10.3. The predicted molar refractivity (Wildman–Crippen MR) is 113 cm³/mol. The molecule has 1 aliphatic heterocycles. The van der Waals surface area contributed by atoms with Gasteiger partial charge >= 0.3 is 6.18 Å². The predicted octanol–water partition coefficient (Wildman–Crippen LogP) is 3.27. The van der Waals surface area contributed by atoms with E-state index in [0.717, 1.165) is 17.3 Å². The molecule has 0 bridgehead atoms. The molecule has 0 atom stereocenters. The van der Waals surface area contributed by atoms with E-state index >= 15 is 0 Å². The zero-order chi connectivity index (χ0) is 24.2. The molecule has 4 heterocycles. The Bertz CT molecular complexity index is 1430. The minimum Gasteiger partial charge on any atom is -0.494 e. The lowest BCUT2D eigenvalue weighted by atomic mass is 10.1. The number of aryl methyl sites for hydroxylation is 1. The maximum absolute atomic E-state index is 13.2. The summed E-state index contributed by atoms with van der Waals surface area (Å²) < 4.78 is 52.4. The van der Waals surface area contributed by atoms with E-state index in [1.54, 1.807) is 28.9 Å². The summed E-state index contributed by atoms with van der Waals surface area (Å²) in [5, 5.41) is 4.51. The van der Waals surface area contributed by atoms with Crippen LogP contribution in [0.4, 0.5) is 13.2 Å². The number of nitrogens with two attached hydrogens (primary N) is 1. The molecule has 1 aliphatic rings. The van der Waals surface area contributed by atoms with Crippen LogP contribution >= 0.6 is 0 Å². The van der Waals surface area contributed by atoms with Gasteiger partial charge in [-0.15, -0.1) is 0 Å². The second-order valence-electron chi connectivity index (χ2n) is 7.80. The molecule has 1 aromatic carbocycles. The lowest BCUT2D eigenvalue weighted by Crippen LogP contribution is -2.27. The molecule has 0 saturated heterocycles. The van der Waals surface area contributed by atoms with Crippen molar-refractivity contribution in [3.05, 3.63) is 58.9 Å². The van der Waals surface area contributed by atoms with Gasteiger partial charge in [-0.05, 0) is 24.3 Å². The molecular weight excluding hydrogens is 453 g/mol. The standard InChI is InChI=1S/C22H19F3N6O3/c1-30-14-10-31(9-11(14)8-27-30)21(32)19-16(7-26)34-20(29-19)13-3-5-15(33-2)18-12(13)4-6-17(28-18)22(23,24)25/h3-6,8H,7,9-10,26H2,1-2H3. The van der Waals surface area contributed by atoms with E-state index < -0.39 is 11.9 Å². The zero-order valence-corrected chi connectivity index (χ0v) is 18.2. The summed E-state index contributed by atoms with van der Waals surface area (Å²) in [6.07, 6.45) is -2.90. The summed E-state index contributed by atoms with van der Waals surface area (Å²) in [7, 11) is 3.15. The molecule has 3 aromatic heterocycles. The van der Waals surface area contributed by atoms with Crippen molar-refractivity contribution in [3.63, 3.8) is 0 Å². The van der Waals surface area contributed by atoms with Gasteiger partial charge in [-0.3, -0.25) is 9.48 Å². The summed E-state index contributed by atoms with van der Waals surface area (Å²) in [6.45, 7) is 0.664. The smallest absolute Gasteiger partial charge is 0.433 e. The Kier molecular flexibility index (Phi) is 5.04. The van der Waals surface area contributed by atoms with Gasteiger partial charge in [-0.2, -0.15) is 18.3 Å². The molecule has 0 unspecified atom stereocenters. The Morgan fingerprint density at radius 2 is 2.00 bits per heavy atom. The number of benzene rings is 1. The van der Waals surface area contributed by atoms with Gasteiger partial charge in [0, 0.05) is 30.1 Å². The van der Waals surface area contributed by atoms with Gasteiger partial charge in [-0.25, -0.2) is 9.97 Å². The van der Waals surface area contributed by atoms with E-state index in [4.69, 9.17) is 14.9 Å². The van der Waals surface area contributed by atoms with Crippen LogP contribution in [0.25, 0.3) is 22.4 Å².